The van der Waals surface area contributed by atoms with Crippen LogP contribution in [0.15, 0.2) is 59.1 Å². The lowest BCUT2D eigenvalue weighted by Crippen LogP contribution is -2.09. The van der Waals surface area contributed by atoms with Crippen LogP contribution < -0.4 is 0 Å². The van der Waals surface area contributed by atoms with Gasteiger partial charge in [0.15, 0.2) is 0 Å². The van der Waals surface area contributed by atoms with Gasteiger partial charge in [-0.1, -0.05) is 30.4 Å². The van der Waals surface area contributed by atoms with Gasteiger partial charge in [0.2, 0.25) is 0 Å². The molecule has 0 fully saturated rings. The van der Waals surface area contributed by atoms with E-state index in [9.17, 15) is 0 Å². The minimum Gasteiger partial charge on any atom is -0.468 e. The number of rotatable bonds is 0. The molecule has 0 saturated heterocycles. The van der Waals surface area contributed by atoms with Crippen LogP contribution in [0.25, 0.3) is 0 Å². The molecule has 2 aliphatic carbocycles. The molecule has 0 atom stereocenters. The van der Waals surface area contributed by atoms with Gasteiger partial charge in [-0.15, -0.1) is 0 Å². The van der Waals surface area contributed by atoms with Crippen LogP contribution in [0.5, 0.6) is 0 Å². The maximum Gasteiger partial charge on any atom is 0.107 e. The molecular formula is C14H14O. The van der Waals surface area contributed by atoms with Crippen LogP contribution >= 0.6 is 0 Å². The van der Waals surface area contributed by atoms with Crippen LogP contribution in [0.1, 0.15) is 25.7 Å². The highest BCUT2D eigenvalue weighted by Gasteiger charge is 2.22. The summed E-state index contributed by atoms with van der Waals surface area (Å²) in [4.78, 5) is 0. The molecule has 76 valence electrons. The zero-order chi connectivity index (χ0) is 10.1. The SMILES string of the molecule is C1=CC=C2C(=COC3=C2CCCC3)C=C1. The number of ether oxygens (including phenoxy) is 1. The fourth-order valence-corrected chi connectivity index (χ4v) is 2.37. The van der Waals surface area contributed by atoms with E-state index in [4.69, 9.17) is 4.74 Å². The molecule has 0 unspecified atom stereocenters. The van der Waals surface area contributed by atoms with Crippen LogP contribution in [0.3, 0.4) is 0 Å². The molecule has 1 aliphatic heterocycles. The number of allylic oxidation sites excluding steroid dienone is 9. The van der Waals surface area contributed by atoms with Gasteiger partial charge >= 0.3 is 0 Å². The van der Waals surface area contributed by atoms with Gasteiger partial charge in [0.25, 0.3) is 0 Å². The highest BCUT2D eigenvalue weighted by atomic mass is 16.5. The van der Waals surface area contributed by atoms with Crippen molar-refractivity contribution in [3.05, 3.63) is 59.1 Å². The molecule has 3 aliphatic rings. The van der Waals surface area contributed by atoms with E-state index in [-0.39, 0.29) is 0 Å². The van der Waals surface area contributed by atoms with Gasteiger partial charge in [0.05, 0.1) is 6.26 Å². The first-order chi connectivity index (χ1) is 7.45. The van der Waals surface area contributed by atoms with E-state index in [1.54, 1.807) is 0 Å². The quantitative estimate of drug-likeness (QED) is 0.575. The standard InChI is InChI=1S/C14H14O/c1-2-6-11-10-15-14-9-5-4-8-13(14)12(11)7-3-1/h1-3,6-7,10H,4-5,8-9H2. The second kappa shape index (κ2) is 3.58. The molecule has 0 amide bonds. The van der Waals surface area contributed by atoms with Gasteiger partial charge in [0, 0.05) is 12.0 Å². The first-order valence-corrected chi connectivity index (χ1v) is 5.60. The van der Waals surface area contributed by atoms with Gasteiger partial charge < -0.3 is 4.74 Å². The average molecular weight is 198 g/mol. The van der Waals surface area contributed by atoms with Crippen molar-refractivity contribution in [1.29, 1.82) is 0 Å². The maximum absolute atomic E-state index is 5.70. The summed E-state index contributed by atoms with van der Waals surface area (Å²) in [5.41, 5.74) is 4.00. The van der Waals surface area contributed by atoms with Crippen molar-refractivity contribution in [2.24, 2.45) is 0 Å². The maximum atomic E-state index is 5.70. The lowest BCUT2D eigenvalue weighted by molar-refractivity contribution is 0.305. The first-order valence-electron chi connectivity index (χ1n) is 5.60. The van der Waals surface area contributed by atoms with E-state index in [0.29, 0.717) is 0 Å². The largest absolute Gasteiger partial charge is 0.468 e. The molecule has 0 aromatic carbocycles. The zero-order valence-electron chi connectivity index (χ0n) is 8.70. The molecular weight excluding hydrogens is 184 g/mol. The Labute approximate surface area is 90.1 Å². The summed E-state index contributed by atoms with van der Waals surface area (Å²) in [7, 11) is 0. The van der Waals surface area contributed by atoms with E-state index < -0.39 is 0 Å². The molecule has 1 nitrogen and oxygen atoms in total. The third-order valence-corrected chi connectivity index (χ3v) is 3.14. The molecule has 1 heteroatoms. The van der Waals surface area contributed by atoms with Crippen molar-refractivity contribution in [2.45, 2.75) is 25.7 Å². The van der Waals surface area contributed by atoms with Crippen LogP contribution in [0.2, 0.25) is 0 Å². The topological polar surface area (TPSA) is 9.23 Å². The van der Waals surface area contributed by atoms with E-state index in [0.717, 1.165) is 6.42 Å². The van der Waals surface area contributed by atoms with Crippen LogP contribution in [0.4, 0.5) is 0 Å². The van der Waals surface area contributed by atoms with E-state index >= 15 is 0 Å². The fourth-order valence-electron chi connectivity index (χ4n) is 2.37. The van der Waals surface area contributed by atoms with E-state index in [2.05, 4.69) is 30.4 Å². The van der Waals surface area contributed by atoms with Crippen LogP contribution in [-0.4, -0.2) is 0 Å². The number of fused-ring (bicyclic) bond motifs is 2. The normalized spacial score (nSPS) is 23.5. The Kier molecular flexibility index (Phi) is 2.09. The van der Waals surface area contributed by atoms with Crippen LogP contribution in [0, 0.1) is 0 Å². The zero-order valence-corrected chi connectivity index (χ0v) is 8.70. The van der Waals surface area contributed by atoms with Gasteiger partial charge in [-0.2, -0.15) is 0 Å². The molecule has 0 N–H and O–H groups in total. The monoisotopic (exact) mass is 198 g/mol. The first kappa shape index (κ1) is 8.78. The van der Waals surface area contributed by atoms with Crippen molar-refractivity contribution < 1.29 is 4.74 Å². The highest BCUT2D eigenvalue weighted by molar-refractivity contribution is 5.57. The lowest BCUT2D eigenvalue weighted by Gasteiger charge is -2.25. The summed E-state index contributed by atoms with van der Waals surface area (Å²) in [6.45, 7) is 0. The average Bonchev–Trinajstić information content (AvgIpc) is 2.54. The smallest absolute Gasteiger partial charge is 0.107 e. The molecule has 0 spiro atoms. The third kappa shape index (κ3) is 1.48. The van der Waals surface area contributed by atoms with Gasteiger partial charge in [0.1, 0.15) is 5.76 Å². The predicted octanol–water partition coefficient (Wildman–Crippen LogP) is 3.78. The Morgan fingerprint density at radius 2 is 1.93 bits per heavy atom. The molecule has 0 bridgehead atoms. The van der Waals surface area contributed by atoms with Gasteiger partial charge in [-0.25, -0.2) is 0 Å². The molecule has 15 heavy (non-hydrogen) atoms. The molecule has 0 aromatic heterocycles. The minimum atomic E-state index is 1.10. The molecule has 0 aromatic rings. The van der Waals surface area contributed by atoms with Crippen molar-refractivity contribution in [2.75, 3.05) is 0 Å². The summed E-state index contributed by atoms with van der Waals surface area (Å²) in [5.74, 6) is 1.19. The Morgan fingerprint density at radius 1 is 1.00 bits per heavy atom. The summed E-state index contributed by atoms with van der Waals surface area (Å²) in [5, 5.41) is 0. The van der Waals surface area contributed by atoms with Crippen molar-refractivity contribution in [3.8, 4) is 0 Å². The number of hydrogen-bond acceptors (Lipinski definition) is 1. The molecule has 3 rings (SSSR count). The molecule has 0 radical (unpaired) electrons. The molecule has 0 saturated carbocycles. The van der Waals surface area contributed by atoms with Crippen molar-refractivity contribution in [1.82, 2.24) is 0 Å². The van der Waals surface area contributed by atoms with Crippen LogP contribution in [-0.2, 0) is 4.74 Å². The van der Waals surface area contributed by atoms with Crippen molar-refractivity contribution >= 4 is 0 Å². The minimum absolute atomic E-state index is 1.10. The summed E-state index contributed by atoms with van der Waals surface area (Å²) in [6.07, 6.45) is 17.3. The third-order valence-electron chi connectivity index (χ3n) is 3.14. The summed E-state index contributed by atoms with van der Waals surface area (Å²) < 4.78 is 5.70. The highest BCUT2D eigenvalue weighted by Crippen LogP contribution is 2.38. The van der Waals surface area contributed by atoms with E-state index in [1.807, 2.05) is 6.26 Å². The fraction of sp³-hybridized carbons (Fsp3) is 0.286. The Bertz CT molecular complexity index is 430. The van der Waals surface area contributed by atoms with Crippen molar-refractivity contribution in [3.63, 3.8) is 0 Å². The van der Waals surface area contributed by atoms with E-state index in [1.165, 1.54) is 41.7 Å². The molecule has 1 heterocycles. The van der Waals surface area contributed by atoms with Gasteiger partial charge in [-0.3, -0.25) is 0 Å². The Balaban J connectivity index is 2.07. The second-order valence-electron chi connectivity index (χ2n) is 4.12. The predicted molar refractivity (Wildman–Crippen MR) is 61.0 cm³/mol. The summed E-state index contributed by atoms with van der Waals surface area (Å²) in [6, 6.07) is 0. The second-order valence-corrected chi connectivity index (χ2v) is 4.12. The Hall–Kier alpha value is -1.50. The van der Waals surface area contributed by atoms with Gasteiger partial charge in [-0.05, 0) is 30.4 Å². The summed E-state index contributed by atoms with van der Waals surface area (Å²) >= 11 is 0. The lowest BCUT2D eigenvalue weighted by atomic mass is 9.87. The Morgan fingerprint density at radius 3 is 2.93 bits per heavy atom. The number of hydrogen-bond donors (Lipinski definition) is 0.